The highest BCUT2D eigenvalue weighted by atomic mass is 19.3. The monoisotopic (exact) mass is 339 g/mol. The van der Waals surface area contributed by atoms with E-state index in [2.05, 4.69) is 15.3 Å². The Morgan fingerprint density at radius 2 is 2.08 bits per heavy atom. The molecule has 0 bridgehead atoms. The van der Waals surface area contributed by atoms with Gasteiger partial charge in [0.05, 0.1) is 6.54 Å². The molecular formula is C16H19F2N3O3. The number of rotatable bonds is 5. The van der Waals surface area contributed by atoms with E-state index in [1.807, 2.05) is 13.8 Å². The summed E-state index contributed by atoms with van der Waals surface area (Å²) in [7, 11) is 0. The van der Waals surface area contributed by atoms with Crippen LogP contribution in [0.2, 0.25) is 0 Å². The minimum Gasteiger partial charge on any atom is -0.478 e. The van der Waals surface area contributed by atoms with Crippen molar-refractivity contribution in [2.75, 3.05) is 0 Å². The fourth-order valence-electron chi connectivity index (χ4n) is 2.63. The molecule has 0 aromatic carbocycles. The molecule has 0 aliphatic heterocycles. The number of aromatic nitrogens is 2. The van der Waals surface area contributed by atoms with Crippen molar-refractivity contribution in [2.24, 2.45) is 5.92 Å². The molecule has 1 aromatic heterocycles. The van der Waals surface area contributed by atoms with Crippen LogP contribution in [0.1, 0.15) is 61.4 Å². The maximum Gasteiger partial charge on any atom is 0.339 e. The number of carboxylic acid groups (broad SMARTS) is 1. The minimum atomic E-state index is -3.03. The van der Waals surface area contributed by atoms with E-state index in [9.17, 15) is 18.4 Å². The number of nitrogens with zero attached hydrogens (tertiary/aromatic N) is 2. The van der Waals surface area contributed by atoms with Crippen molar-refractivity contribution in [1.82, 2.24) is 15.3 Å². The number of hydrogen-bond acceptors (Lipinski definition) is 4. The maximum atomic E-state index is 12.9. The normalized spacial score (nSPS) is 18.0. The number of alkyl halides is 2. The van der Waals surface area contributed by atoms with E-state index in [4.69, 9.17) is 5.11 Å². The summed E-state index contributed by atoms with van der Waals surface area (Å²) in [5.74, 6) is -1.88. The van der Waals surface area contributed by atoms with Gasteiger partial charge in [0.1, 0.15) is 17.1 Å². The molecule has 1 amide bonds. The van der Waals surface area contributed by atoms with Crippen molar-refractivity contribution < 1.29 is 23.5 Å². The molecule has 1 aromatic rings. The molecule has 1 unspecified atom stereocenters. The Hall–Kier alpha value is -2.38. The van der Waals surface area contributed by atoms with Crippen LogP contribution in [0.15, 0.2) is 17.3 Å². The topological polar surface area (TPSA) is 92.2 Å². The van der Waals surface area contributed by atoms with Crippen LogP contribution in [0.4, 0.5) is 8.78 Å². The van der Waals surface area contributed by atoms with Crippen LogP contribution in [-0.2, 0) is 11.3 Å². The molecule has 0 spiro atoms. The average molecular weight is 339 g/mol. The maximum absolute atomic E-state index is 12.9. The molecule has 0 fully saturated rings. The third-order valence-corrected chi connectivity index (χ3v) is 4.25. The summed E-state index contributed by atoms with van der Waals surface area (Å²) in [5.41, 5.74) is 1.02. The number of carbonyl (C=O) groups excluding carboxylic acids is 1. The summed E-state index contributed by atoms with van der Waals surface area (Å²) in [6, 6.07) is 0. The number of nitrogens with one attached hydrogen (secondary N) is 1. The molecule has 2 N–H and O–H groups in total. The largest absolute Gasteiger partial charge is 0.478 e. The van der Waals surface area contributed by atoms with Gasteiger partial charge in [-0.3, -0.25) is 4.79 Å². The summed E-state index contributed by atoms with van der Waals surface area (Å²) in [5, 5.41) is 11.5. The van der Waals surface area contributed by atoms with Gasteiger partial charge < -0.3 is 10.4 Å². The summed E-state index contributed by atoms with van der Waals surface area (Å²) < 4.78 is 25.8. The molecule has 0 saturated carbocycles. The molecule has 1 aliphatic carbocycles. The van der Waals surface area contributed by atoms with Gasteiger partial charge in [-0.25, -0.2) is 23.5 Å². The Morgan fingerprint density at radius 1 is 1.38 bits per heavy atom. The van der Waals surface area contributed by atoms with E-state index in [1.54, 1.807) is 0 Å². The number of hydrogen-bond donors (Lipinski definition) is 2. The highest BCUT2D eigenvalue weighted by molar-refractivity contribution is 5.88. The van der Waals surface area contributed by atoms with Gasteiger partial charge in [-0.05, 0) is 33.1 Å². The number of carboxylic acids is 1. The van der Waals surface area contributed by atoms with E-state index in [1.165, 1.54) is 11.1 Å². The van der Waals surface area contributed by atoms with Gasteiger partial charge in [-0.2, -0.15) is 0 Å². The third-order valence-electron chi connectivity index (χ3n) is 4.25. The lowest BCUT2D eigenvalue weighted by atomic mass is 9.84. The van der Waals surface area contributed by atoms with E-state index < -0.39 is 23.7 Å². The molecular weight excluding hydrogens is 320 g/mol. The van der Waals surface area contributed by atoms with E-state index >= 15 is 0 Å². The van der Waals surface area contributed by atoms with E-state index in [0.717, 1.165) is 19.0 Å². The number of aromatic carboxylic acids is 1. The Labute approximate surface area is 138 Å². The second kappa shape index (κ2) is 7.46. The molecule has 1 atom stereocenters. The van der Waals surface area contributed by atoms with Crippen molar-refractivity contribution in [3.05, 3.63) is 34.4 Å². The van der Waals surface area contributed by atoms with Gasteiger partial charge >= 0.3 is 5.97 Å². The van der Waals surface area contributed by atoms with Gasteiger partial charge in [0, 0.05) is 12.1 Å². The van der Waals surface area contributed by atoms with Crippen molar-refractivity contribution >= 4 is 11.9 Å². The van der Waals surface area contributed by atoms with Crippen LogP contribution in [0.5, 0.6) is 0 Å². The van der Waals surface area contributed by atoms with Crippen LogP contribution < -0.4 is 5.32 Å². The Morgan fingerprint density at radius 3 is 2.67 bits per heavy atom. The predicted octanol–water partition coefficient (Wildman–Crippen LogP) is 2.87. The van der Waals surface area contributed by atoms with Crippen molar-refractivity contribution in [3.63, 3.8) is 0 Å². The lowest BCUT2D eigenvalue weighted by Gasteiger charge is -2.23. The van der Waals surface area contributed by atoms with Gasteiger partial charge in [0.15, 0.2) is 0 Å². The van der Waals surface area contributed by atoms with Gasteiger partial charge in [0.2, 0.25) is 5.91 Å². The SMILES string of the molecule is CC1=C(C)CC(C(=O)NCc2ncc(C(=O)O)c(C(F)F)n2)CC1. The first-order valence-corrected chi connectivity index (χ1v) is 7.59. The second-order valence-corrected chi connectivity index (χ2v) is 5.91. The molecule has 2 rings (SSSR count). The number of halogens is 2. The van der Waals surface area contributed by atoms with Crippen LogP contribution in [0, 0.1) is 5.92 Å². The summed E-state index contributed by atoms with van der Waals surface area (Å²) in [4.78, 5) is 30.4. The lowest BCUT2D eigenvalue weighted by molar-refractivity contribution is -0.125. The van der Waals surface area contributed by atoms with E-state index in [-0.39, 0.29) is 24.2 Å². The van der Waals surface area contributed by atoms with Crippen molar-refractivity contribution in [2.45, 2.75) is 46.1 Å². The zero-order valence-electron chi connectivity index (χ0n) is 13.5. The fraction of sp³-hybridized carbons (Fsp3) is 0.500. The predicted molar refractivity (Wildman–Crippen MR) is 81.5 cm³/mol. The molecule has 0 radical (unpaired) electrons. The number of carbonyl (C=O) groups is 2. The Bertz CT molecular complexity index is 689. The lowest BCUT2D eigenvalue weighted by Crippen LogP contribution is -2.32. The summed E-state index contributed by atoms with van der Waals surface area (Å²) in [6.07, 6.45) is 0.107. The number of allylic oxidation sites excluding steroid dienone is 2. The van der Waals surface area contributed by atoms with Crippen molar-refractivity contribution in [1.29, 1.82) is 0 Å². The molecule has 1 heterocycles. The van der Waals surface area contributed by atoms with Gasteiger partial charge in [-0.1, -0.05) is 11.1 Å². The minimum absolute atomic E-state index is 0.0390. The summed E-state index contributed by atoms with van der Waals surface area (Å²) in [6.45, 7) is 3.93. The highest BCUT2D eigenvalue weighted by Crippen LogP contribution is 2.29. The Balaban J connectivity index is 2.03. The highest BCUT2D eigenvalue weighted by Gasteiger charge is 2.24. The first kappa shape index (κ1) is 18.0. The quantitative estimate of drug-likeness (QED) is 0.805. The molecule has 130 valence electrons. The molecule has 1 aliphatic rings. The van der Waals surface area contributed by atoms with E-state index in [0.29, 0.717) is 6.42 Å². The fourth-order valence-corrected chi connectivity index (χ4v) is 2.63. The summed E-state index contributed by atoms with van der Waals surface area (Å²) >= 11 is 0. The molecule has 8 heteroatoms. The molecule has 0 saturated heterocycles. The zero-order chi connectivity index (χ0) is 17.9. The van der Waals surface area contributed by atoms with Crippen LogP contribution in [0.3, 0.4) is 0 Å². The van der Waals surface area contributed by atoms with Crippen molar-refractivity contribution in [3.8, 4) is 0 Å². The van der Waals surface area contributed by atoms with Gasteiger partial charge in [-0.15, -0.1) is 0 Å². The van der Waals surface area contributed by atoms with Crippen LogP contribution in [0.25, 0.3) is 0 Å². The molecule has 6 nitrogen and oxygen atoms in total. The average Bonchev–Trinajstić information content (AvgIpc) is 2.54. The van der Waals surface area contributed by atoms with Crippen LogP contribution in [-0.4, -0.2) is 27.0 Å². The third kappa shape index (κ3) is 4.12. The Kier molecular flexibility index (Phi) is 5.58. The smallest absolute Gasteiger partial charge is 0.339 e. The van der Waals surface area contributed by atoms with Crippen LogP contribution >= 0.6 is 0 Å². The number of amides is 1. The standard InChI is InChI=1S/C16H19F2N3O3/c1-8-3-4-10(5-9(8)2)15(22)20-7-12-19-6-11(16(23)24)13(21-12)14(17)18/h6,10,14H,3-5,7H2,1-2H3,(H,20,22)(H,23,24). The first-order chi connectivity index (χ1) is 11.3. The zero-order valence-corrected chi connectivity index (χ0v) is 13.5. The second-order valence-electron chi connectivity index (χ2n) is 5.91. The van der Waals surface area contributed by atoms with Gasteiger partial charge in [0.25, 0.3) is 6.43 Å². The molecule has 24 heavy (non-hydrogen) atoms. The first-order valence-electron chi connectivity index (χ1n) is 7.59.